The van der Waals surface area contributed by atoms with E-state index in [9.17, 15) is 9.59 Å². The first kappa shape index (κ1) is 23.0. The van der Waals surface area contributed by atoms with Crippen molar-refractivity contribution in [1.82, 2.24) is 9.80 Å². The maximum absolute atomic E-state index is 12.5. The number of ether oxygens (including phenoxy) is 2. The maximum atomic E-state index is 12.5. The zero-order valence-corrected chi connectivity index (χ0v) is 17.0. The van der Waals surface area contributed by atoms with Gasteiger partial charge in [0.25, 0.3) is 0 Å². The summed E-state index contributed by atoms with van der Waals surface area (Å²) >= 11 is 0. The fraction of sp³-hybridized carbons (Fsp3) is 0.889. The highest BCUT2D eigenvalue weighted by molar-refractivity contribution is 5.70. The molecule has 0 unspecified atom stereocenters. The maximum Gasteiger partial charge on any atom is 0.410 e. The predicted octanol–water partition coefficient (Wildman–Crippen LogP) is 3.34. The van der Waals surface area contributed by atoms with Crippen LogP contribution in [0.2, 0.25) is 0 Å². The molecule has 1 aliphatic heterocycles. The molecule has 0 N–H and O–H groups in total. The summed E-state index contributed by atoms with van der Waals surface area (Å²) in [7, 11) is 0. The molecule has 1 saturated heterocycles. The number of azide groups is 1. The number of piperidine rings is 1. The van der Waals surface area contributed by atoms with Gasteiger partial charge in [-0.2, -0.15) is 0 Å². The molecule has 0 radical (unpaired) electrons. The minimum Gasteiger partial charge on any atom is -0.466 e. The summed E-state index contributed by atoms with van der Waals surface area (Å²) in [6.07, 6.45) is 2.12. The van der Waals surface area contributed by atoms with Crippen LogP contribution in [-0.4, -0.2) is 72.8 Å². The summed E-state index contributed by atoms with van der Waals surface area (Å²) < 4.78 is 10.4. The normalized spacial score (nSPS) is 15.7. The van der Waals surface area contributed by atoms with Crippen LogP contribution in [0.3, 0.4) is 0 Å². The third-order valence-electron chi connectivity index (χ3n) is 4.22. The second kappa shape index (κ2) is 11.7. The Morgan fingerprint density at radius 1 is 1.26 bits per heavy atom. The Labute approximate surface area is 161 Å². The van der Waals surface area contributed by atoms with Crippen molar-refractivity contribution in [1.29, 1.82) is 0 Å². The number of likely N-dealkylation sites (tertiary alicyclic amines) is 1. The van der Waals surface area contributed by atoms with Crippen molar-refractivity contribution in [3.05, 3.63) is 10.4 Å². The SMILES string of the molecule is CCOC(=O)CCCN(CCN1CCC(N=[N+]=[N-])CC1)C(=O)OC(C)(C)C. The Kier molecular flexibility index (Phi) is 9.96. The Balaban J connectivity index is 2.51. The molecule has 0 bridgehead atoms. The fourth-order valence-electron chi connectivity index (χ4n) is 2.86. The van der Waals surface area contributed by atoms with E-state index in [1.54, 1.807) is 11.8 Å². The molecule has 9 nitrogen and oxygen atoms in total. The first-order valence-corrected chi connectivity index (χ1v) is 9.65. The van der Waals surface area contributed by atoms with Crippen LogP contribution in [0.4, 0.5) is 4.79 Å². The predicted molar refractivity (Wildman–Crippen MR) is 102 cm³/mol. The Hall–Kier alpha value is -1.99. The van der Waals surface area contributed by atoms with E-state index in [0.29, 0.717) is 26.1 Å². The monoisotopic (exact) mass is 383 g/mol. The van der Waals surface area contributed by atoms with Crippen LogP contribution in [0.5, 0.6) is 0 Å². The zero-order chi connectivity index (χ0) is 20.3. The summed E-state index contributed by atoms with van der Waals surface area (Å²) in [5, 5.41) is 3.78. The number of carbonyl (C=O) groups is 2. The first-order chi connectivity index (χ1) is 12.7. The second-order valence-corrected chi connectivity index (χ2v) is 7.65. The van der Waals surface area contributed by atoms with Crippen molar-refractivity contribution in [2.45, 2.75) is 65.0 Å². The summed E-state index contributed by atoms with van der Waals surface area (Å²) in [4.78, 5) is 30.8. The van der Waals surface area contributed by atoms with Gasteiger partial charge in [-0.25, -0.2) is 4.79 Å². The molecule has 1 aliphatic rings. The topological polar surface area (TPSA) is 108 Å². The fourth-order valence-corrected chi connectivity index (χ4v) is 2.86. The number of nitrogens with zero attached hydrogens (tertiary/aromatic N) is 5. The minimum absolute atomic E-state index is 0.0674. The molecular formula is C18H33N5O4. The van der Waals surface area contributed by atoms with Crippen molar-refractivity contribution < 1.29 is 19.1 Å². The van der Waals surface area contributed by atoms with E-state index >= 15 is 0 Å². The lowest BCUT2D eigenvalue weighted by molar-refractivity contribution is -0.143. The van der Waals surface area contributed by atoms with E-state index in [1.165, 1.54) is 0 Å². The quantitative estimate of drug-likeness (QED) is 0.263. The van der Waals surface area contributed by atoms with Gasteiger partial charge in [-0.1, -0.05) is 5.11 Å². The molecule has 0 aliphatic carbocycles. The molecular weight excluding hydrogens is 350 g/mol. The van der Waals surface area contributed by atoms with E-state index in [0.717, 1.165) is 32.5 Å². The molecule has 0 spiro atoms. The zero-order valence-electron chi connectivity index (χ0n) is 17.0. The van der Waals surface area contributed by atoms with Gasteiger partial charge in [-0.15, -0.1) is 0 Å². The lowest BCUT2D eigenvalue weighted by atomic mass is 10.1. The van der Waals surface area contributed by atoms with E-state index in [1.807, 2.05) is 20.8 Å². The summed E-state index contributed by atoms with van der Waals surface area (Å²) in [6.45, 7) is 11.0. The van der Waals surface area contributed by atoms with Gasteiger partial charge in [0.2, 0.25) is 0 Å². The Morgan fingerprint density at radius 2 is 1.93 bits per heavy atom. The second-order valence-electron chi connectivity index (χ2n) is 7.65. The largest absolute Gasteiger partial charge is 0.466 e. The van der Waals surface area contributed by atoms with E-state index in [-0.39, 0.29) is 24.5 Å². The van der Waals surface area contributed by atoms with Crippen LogP contribution < -0.4 is 0 Å². The molecule has 154 valence electrons. The summed E-state index contributed by atoms with van der Waals surface area (Å²) in [5.74, 6) is -0.248. The van der Waals surface area contributed by atoms with Crippen LogP contribution in [-0.2, 0) is 14.3 Å². The van der Waals surface area contributed by atoms with Gasteiger partial charge in [-0.3, -0.25) is 4.79 Å². The molecule has 1 amide bonds. The van der Waals surface area contributed by atoms with E-state index in [4.69, 9.17) is 15.0 Å². The third kappa shape index (κ3) is 10.1. The minimum atomic E-state index is -0.565. The van der Waals surface area contributed by atoms with Gasteiger partial charge in [0.1, 0.15) is 5.60 Å². The Morgan fingerprint density at radius 3 is 2.48 bits per heavy atom. The first-order valence-electron chi connectivity index (χ1n) is 9.65. The van der Waals surface area contributed by atoms with Gasteiger partial charge in [0.15, 0.2) is 0 Å². The standard InChI is InChI=1S/C18H33N5O4/c1-5-26-16(24)7-6-10-23(17(25)27-18(2,3)4)14-13-22-11-8-15(9-12-22)20-21-19/h15H,5-14H2,1-4H3. The van der Waals surface area contributed by atoms with Crippen molar-refractivity contribution >= 4 is 12.1 Å². The molecule has 0 aromatic heterocycles. The van der Waals surface area contributed by atoms with E-state index in [2.05, 4.69) is 14.9 Å². The van der Waals surface area contributed by atoms with Gasteiger partial charge in [0.05, 0.1) is 6.61 Å². The molecule has 9 heteroatoms. The van der Waals surface area contributed by atoms with Gasteiger partial charge in [0, 0.05) is 37.0 Å². The summed E-state index contributed by atoms with van der Waals surface area (Å²) in [6, 6.07) is 0.0674. The van der Waals surface area contributed by atoms with Crippen LogP contribution >= 0.6 is 0 Å². The number of esters is 1. The number of amides is 1. The van der Waals surface area contributed by atoms with Gasteiger partial charge < -0.3 is 19.3 Å². The molecule has 27 heavy (non-hydrogen) atoms. The highest BCUT2D eigenvalue weighted by Gasteiger charge is 2.24. The van der Waals surface area contributed by atoms with Crippen LogP contribution in [0, 0.1) is 0 Å². The molecule has 0 aromatic rings. The Bertz CT molecular complexity index is 520. The van der Waals surface area contributed by atoms with Crippen molar-refractivity contribution in [2.24, 2.45) is 5.11 Å². The van der Waals surface area contributed by atoms with Crippen LogP contribution in [0.15, 0.2) is 5.11 Å². The molecule has 0 saturated carbocycles. The average molecular weight is 383 g/mol. The molecule has 1 heterocycles. The van der Waals surface area contributed by atoms with Crippen LogP contribution in [0.1, 0.15) is 53.4 Å². The lowest BCUT2D eigenvalue weighted by Crippen LogP contribution is -2.44. The van der Waals surface area contributed by atoms with Gasteiger partial charge in [-0.05, 0) is 65.6 Å². The molecule has 0 aromatic carbocycles. The van der Waals surface area contributed by atoms with Crippen molar-refractivity contribution in [2.75, 3.05) is 39.3 Å². The smallest absolute Gasteiger partial charge is 0.410 e. The van der Waals surface area contributed by atoms with E-state index < -0.39 is 5.60 Å². The number of hydrogen-bond donors (Lipinski definition) is 0. The third-order valence-corrected chi connectivity index (χ3v) is 4.22. The van der Waals surface area contributed by atoms with Gasteiger partial charge >= 0.3 is 12.1 Å². The summed E-state index contributed by atoms with van der Waals surface area (Å²) in [5.41, 5.74) is 7.96. The number of rotatable bonds is 9. The molecule has 1 rings (SSSR count). The number of hydrogen-bond acceptors (Lipinski definition) is 6. The van der Waals surface area contributed by atoms with Crippen molar-refractivity contribution in [3.63, 3.8) is 0 Å². The average Bonchev–Trinajstić information content (AvgIpc) is 2.58. The lowest BCUT2D eigenvalue weighted by Gasteiger charge is -2.33. The highest BCUT2D eigenvalue weighted by Crippen LogP contribution is 2.15. The van der Waals surface area contributed by atoms with Crippen LogP contribution in [0.25, 0.3) is 10.4 Å². The molecule has 1 fully saturated rings. The highest BCUT2D eigenvalue weighted by atomic mass is 16.6. The van der Waals surface area contributed by atoms with Crippen molar-refractivity contribution in [3.8, 4) is 0 Å². The molecule has 0 atom stereocenters. The number of carbonyl (C=O) groups excluding carboxylic acids is 2.